The van der Waals surface area contributed by atoms with Crippen LogP contribution in [0.15, 0.2) is 66.8 Å². The molecule has 9 nitrogen and oxygen atoms in total. The number of H-pyrrole nitrogens is 1. The average Bonchev–Trinajstić information content (AvgIpc) is 3.50. The first-order valence-corrected chi connectivity index (χ1v) is 11.4. The number of methoxy groups -OCH3 is 1. The zero-order chi connectivity index (χ0) is 24.4. The highest BCUT2D eigenvalue weighted by atomic mass is 16.6. The van der Waals surface area contributed by atoms with Gasteiger partial charge in [-0.05, 0) is 35.9 Å². The number of nitrogens with zero attached hydrogens (tertiary/aromatic N) is 2. The SMILES string of the molecule is COc1ccc(C2/C(=C(\O)c3ccc4c(c3)OCCO4)C(=O)C(=O)N2CCC[n+]2cc[nH]c2)cc1. The third kappa shape index (κ3) is 4.32. The molecule has 0 radical (unpaired) electrons. The van der Waals surface area contributed by atoms with Crippen molar-refractivity contribution in [2.45, 2.75) is 19.0 Å². The summed E-state index contributed by atoms with van der Waals surface area (Å²) in [6, 6.07) is 11.4. The topological polar surface area (TPSA) is 105 Å². The van der Waals surface area contributed by atoms with E-state index in [9.17, 15) is 14.7 Å². The molecule has 35 heavy (non-hydrogen) atoms. The first-order chi connectivity index (χ1) is 17.1. The summed E-state index contributed by atoms with van der Waals surface area (Å²) in [5.41, 5.74) is 1.14. The lowest BCUT2D eigenvalue weighted by molar-refractivity contribution is -0.695. The second-order valence-corrected chi connectivity index (χ2v) is 8.33. The number of rotatable bonds is 7. The van der Waals surface area contributed by atoms with E-state index in [2.05, 4.69) is 4.98 Å². The molecule has 9 heteroatoms. The van der Waals surface area contributed by atoms with Gasteiger partial charge in [0.05, 0.1) is 25.3 Å². The van der Waals surface area contributed by atoms with Crippen LogP contribution in [-0.4, -0.2) is 53.5 Å². The van der Waals surface area contributed by atoms with Crippen molar-refractivity contribution < 1.29 is 33.5 Å². The molecule has 1 atom stereocenters. The monoisotopic (exact) mass is 476 g/mol. The van der Waals surface area contributed by atoms with Gasteiger partial charge in [-0.15, -0.1) is 0 Å². The highest BCUT2D eigenvalue weighted by molar-refractivity contribution is 6.46. The fourth-order valence-corrected chi connectivity index (χ4v) is 4.47. The van der Waals surface area contributed by atoms with E-state index in [1.54, 1.807) is 49.6 Å². The van der Waals surface area contributed by atoms with E-state index in [0.29, 0.717) is 61.1 Å². The molecule has 180 valence electrons. The van der Waals surface area contributed by atoms with Gasteiger partial charge in [-0.1, -0.05) is 12.1 Å². The summed E-state index contributed by atoms with van der Waals surface area (Å²) in [6.07, 6.45) is 6.18. The molecule has 3 heterocycles. The van der Waals surface area contributed by atoms with Gasteiger partial charge in [-0.2, -0.15) is 0 Å². The predicted molar refractivity (Wildman–Crippen MR) is 125 cm³/mol. The number of nitrogens with one attached hydrogen (secondary N) is 1. The summed E-state index contributed by atoms with van der Waals surface area (Å²) in [7, 11) is 1.57. The van der Waals surface area contributed by atoms with Crippen LogP contribution in [0.4, 0.5) is 0 Å². The first-order valence-electron chi connectivity index (χ1n) is 11.4. The Labute approximate surface area is 202 Å². The second-order valence-electron chi connectivity index (χ2n) is 8.33. The number of Topliss-reactive ketones (excluding diaryl/α,β-unsaturated/α-hetero) is 1. The maximum Gasteiger partial charge on any atom is 0.295 e. The molecule has 0 aliphatic carbocycles. The van der Waals surface area contributed by atoms with Crippen LogP contribution in [0.5, 0.6) is 17.2 Å². The summed E-state index contributed by atoms with van der Waals surface area (Å²) in [5, 5.41) is 11.3. The van der Waals surface area contributed by atoms with Crippen LogP contribution in [0.2, 0.25) is 0 Å². The minimum atomic E-state index is -0.731. The number of aliphatic hydroxyl groups is 1. The zero-order valence-electron chi connectivity index (χ0n) is 19.3. The molecular formula is C26H26N3O6+. The molecule has 0 saturated carbocycles. The number of aryl methyl sites for hydroxylation is 1. The number of aliphatic hydroxyl groups excluding tert-OH is 1. The van der Waals surface area contributed by atoms with Gasteiger partial charge in [0, 0.05) is 18.5 Å². The zero-order valence-corrected chi connectivity index (χ0v) is 19.3. The van der Waals surface area contributed by atoms with Crippen molar-refractivity contribution in [3.05, 3.63) is 77.9 Å². The lowest BCUT2D eigenvalue weighted by Gasteiger charge is -2.25. The van der Waals surface area contributed by atoms with Gasteiger partial charge >= 0.3 is 0 Å². The third-order valence-electron chi connectivity index (χ3n) is 6.21. The molecule has 1 fully saturated rings. The lowest BCUT2D eigenvalue weighted by Crippen LogP contribution is -2.36. The summed E-state index contributed by atoms with van der Waals surface area (Å²) >= 11 is 0. The smallest absolute Gasteiger partial charge is 0.295 e. The van der Waals surface area contributed by atoms with Crippen LogP contribution in [0, 0.1) is 0 Å². The number of fused-ring (bicyclic) bond motifs is 1. The maximum atomic E-state index is 13.2. The van der Waals surface area contributed by atoms with Crippen LogP contribution >= 0.6 is 0 Å². The fourth-order valence-electron chi connectivity index (χ4n) is 4.47. The highest BCUT2D eigenvalue weighted by Crippen LogP contribution is 2.41. The van der Waals surface area contributed by atoms with Crippen LogP contribution < -0.4 is 18.8 Å². The van der Waals surface area contributed by atoms with E-state index in [0.717, 1.165) is 0 Å². The van der Waals surface area contributed by atoms with Gasteiger partial charge in [0.2, 0.25) is 6.33 Å². The van der Waals surface area contributed by atoms with Gasteiger partial charge in [0.1, 0.15) is 37.1 Å². The first kappa shape index (κ1) is 22.5. The minimum Gasteiger partial charge on any atom is -0.507 e. The molecule has 1 saturated heterocycles. The molecule has 5 rings (SSSR count). The molecule has 1 unspecified atom stereocenters. The quantitative estimate of drug-likeness (QED) is 0.235. The third-order valence-corrected chi connectivity index (χ3v) is 6.21. The molecule has 1 aromatic heterocycles. The number of carbonyl (C=O) groups excluding carboxylic acids is 2. The van der Waals surface area contributed by atoms with E-state index in [-0.39, 0.29) is 11.3 Å². The Morgan fingerprint density at radius 3 is 2.63 bits per heavy atom. The standard InChI is InChI=1S/C26H25N3O6/c1-33-19-6-3-17(4-7-19)23-22(24(30)18-5-8-20-21(15-18)35-14-13-34-20)25(31)26(32)29(23)11-2-10-28-12-9-27-16-28/h3-9,12,15-16,23H,2,10-11,13-14H2,1H3,(H,30,31)/p+1. The number of hydrogen-bond donors (Lipinski definition) is 2. The van der Waals surface area contributed by atoms with Gasteiger partial charge in [-0.3, -0.25) is 14.6 Å². The Balaban J connectivity index is 1.53. The van der Waals surface area contributed by atoms with Crippen molar-refractivity contribution >= 4 is 17.4 Å². The molecule has 3 aromatic rings. The van der Waals surface area contributed by atoms with Crippen molar-refractivity contribution in [2.24, 2.45) is 0 Å². The molecule has 2 aliphatic heterocycles. The van der Waals surface area contributed by atoms with Gasteiger partial charge in [-0.25, -0.2) is 4.57 Å². The predicted octanol–water partition coefficient (Wildman–Crippen LogP) is 2.59. The van der Waals surface area contributed by atoms with Crippen molar-refractivity contribution in [1.29, 1.82) is 0 Å². The molecule has 2 N–H and O–H groups in total. The van der Waals surface area contributed by atoms with Crippen LogP contribution in [0.1, 0.15) is 23.6 Å². The summed E-state index contributed by atoms with van der Waals surface area (Å²) in [6.45, 7) is 1.86. The van der Waals surface area contributed by atoms with Gasteiger partial charge < -0.3 is 24.2 Å². The second kappa shape index (κ2) is 9.54. The van der Waals surface area contributed by atoms with Crippen LogP contribution in [0.25, 0.3) is 5.76 Å². The largest absolute Gasteiger partial charge is 0.507 e. The van der Waals surface area contributed by atoms with Crippen LogP contribution in [-0.2, 0) is 16.1 Å². The maximum absolute atomic E-state index is 13.2. The van der Waals surface area contributed by atoms with Crippen molar-refractivity contribution in [1.82, 2.24) is 9.88 Å². The Hall–Kier alpha value is -4.27. The lowest BCUT2D eigenvalue weighted by atomic mass is 9.95. The number of carbonyl (C=O) groups is 2. The van der Waals surface area contributed by atoms with Crippen molar-refractivity contribution in [3.8, 4) is 17.2 Å². The van der Waals surface area contributed by atoms with Gasteiger partial charge in [0.25, 0.3) is 11.7 Å². The molecule has 0 spiro atoms. The van der Waals surface area contributed by atoms with E-state index in [1.807, 2.05) is 23.3 Å². The molecule has 2 aliphatic rings. The Bertz CT molecular complexity index is 1270. The van der Waals surface area contributed by atoms with E-state index < -0.39 is 17.7 Å². The number of ether oxygens (including phenoxy) is 3. The minimum absolute atomic E-state index is 0.0474. The van der Waals surface area contributed by atoms with Crippen molar-refractivity contribution in [2.75, 3.05) is 26.9 Å². The number of ketones is 1. The Morgan fingerprint density at radius 2 is 1.91 bits per heavy atom. The molecule has 1 amide bonds. The van der Waals surface area contributed by atoms with E-state index >= 15 is 0 Å². The number of amides is 1. The molecule has 0 bridgehead atoms. The fraction of sp³-hybridized carbons (Fsp3) is 0.269. The number of hydrogen-bond acceptors (Lipinski definition) is 6. The van der Waals surface area contributed by atoms with E-state index in [4.69, 9.17) is 14.2 Å². The van der Waals surface area contributed by atoms with Gasteiger partial charge in [0.15, 0.2) is 11.5 Å². The number of imidazole rings is 1. The molecule has 2 aromatic carbocycles. The average molecular weight is 477 g/mol. The summed E-state index contributed by atoms with van der Waals surface area (Å²) < 4.78 is 18.4. The number of aromatic nitrogens is 2. The Kier molecular flexibility index (Phi) is 6.13. The number of aromatic amines is 1. The number of likely N-dealkylation sites (tertiary alicyclic amines) is 1. The van der Waals surface area contributed by atoms with Crippen molar-refractivity contribution in [3.63, 3.8) is 0 Å². The normalized spacial score (nSPS) is 18.7. The van der Waals surface area contributed by atoms with Crippen LogP contribution in [0.3, 0.4) is 0 Å². The Morgan fingerprint density at radius 1 is 1.14 bits per heavy atom. The number of benzene rings is 2. The van der Waals surface area contributed by atoms with E-state index in [1.165, 1.54) is 4.90 Å². The molecular weight excluding hydrogens is 450 g/mol. The summed E-state index contributed by atoms with van der Waals surface area (Å²) in [5.74, 6) is 0.114. The highest BCUT2D eigenvalue weighted by Gasteiger charge is 2.46. The summed E-state index contributed by atoms with van der Waals surface area (Å²) in [4.78, 5) is 30.9.